The molecule has 0 radical (unpaired) electrons. The van der Waals surface area contributed by atoms with Crippen LogP contribution in [0.2, 0.25) is 0 Å². The van der Waals surface area contributed by atoms with E-state index < -0.39 is 0 Å². The standard InChI is InChI=1S/C11H22Cl2/c1-2-3-4-5-6-7-8-9-10-11(12)13/h11H,2-10H2,1H3. The normalized spacial score (nSPS) is 11.1. The summed E-state index contributed by atoms with van der Waals surface area (Å²) in [5, 5.41) is 0. The van der Waals surface area contributed by atoms with Crippen LogP contribution in [0.3, 0.4) is 0 Å². The molecule has 0 aliphatic heterocycles. The van der Waals surface area contributed by atoms with E-state index in [2.05, 4.69) is 6.92 Å². The van der Waals surface area contributed by atoms with Crippen molar-refractivity contribution >= 4 is 23.2 Å². The van der Waals surface area contributed by atoms with Gasteiger partial charge in [-0.15, -0.1) is 23.2 Å². The highest BCUT2D eigenvalue weighted by molar-refractivity contribution is 6.44. The SMILES string of the molecule is CCCCCCCCCCC(Cl)Cl. The molecule has 0 unspecified atom stereocenters. The zero-order chi connectivity index (χ0) is 9.94. The molecule has 0 heterocycles. The summed E-state index contributed by atoms with van der Waals surface area (Å²) in [5.74, 6) is 0. The van der Waals surface area contributed by atoms with Gasteiger partial charge in [0.15, 0.2) is 0 Å². The summed E-state index contributed by atoms with van der Waals surface area (Å²) in [4.78, 5) is -0.153. The van der Waals surface area contributed by atoms with Gasteiger partial charge in [0, 0.05) is 0 Å². The number of unbranched alkanes of at least 4 members (excludes halogenated alkanes) is 7. The smallest absolute Gasteiger partial charge is 0.105 e. The summed E-state index contributed by atoms with van der Waals surface area (Å²) in [5.41, 5.74) is 0. The van der Waals surface area contributed by atoms with Gasteiger partial charge >= 0.3 is 0 Å². The minimum absolute atomic E-state index is 0.153. The van der Waals surface area contributed by atoms with E-state index in [4.69, 9.17) is 23.2 Å². The highest BCUT2D eigenvalue weighted by atomic mass is 35.5. The molecular weight excluding hydrogens is 203 g/mol. The summed E-state index contributed by atoms with van der Waals surface area (Å²) >= 11 is 11.2. The molecule has 0 nitrogen and oxygen atoms in total. The zero-order valence-electron chi connectivity index (χ0n) is 8.70. The van der Waals surface area contributed by atoms with Gasteiger partial charge in [0.1, 0.15) is 4.84 Å². The maximum absolute atomic E-state index is 5.62. The van der Waals surface area contributed by atoms with E-state index in [0.29, 0.717) is 0 Å². The number of hydrogen-bond acceptors (Lipinski definition) is 0. The molecule has 0 bridgehead atoms. The molecule has 0 amide bonds. The molecule has 80 valence electrons. The first-order valence-corrected chi connectivity index (χ1v) is 6.42. The predicted molar refractivity (Wildman–Crippen MR) is 62.7 cm³/mol. The Morgan fingerprint density at radius 1 is 0.769 bits per heavy atom. The Hall–Kier alpha value is 0.580. The quantitative estimate of drug-likeness (QED) is 0.368. The minimum Gasteiger partial charge on any atom is -0.105 e. The highest BCUT2D eigenvalue weighted by Gasteiger charge is 1.97. The Morgan fingerprint density at radius 2 is 1.23 bits per heavy atom. The Kier molecular flexibility index (Phi) is 11.1. The average molecular weight is 225 g/mol. The van der Waals surface area contributed by atoms with Crippen LogP contribution in [0.5, 0.6) is 0 Å². The van der Waals surface area contributed by atoms with Crippen molar-refractivity contribution < 1.29 is 0 Å². The fourth-order valence-electron chi connectivity index (χ4n) is 1.43. The fourth-order valence-corrected chi connectivity index (χ4v) is 1.74. The molecule has 0 atom stereocenters. The molecule has 0 aliphatic rings. The van der Waals surface area contributed by atoms with E-state index in [-0.39, 0.29) is 4.84 Å². The van der Waals surface area contributed by atoms with E-state index in [0.717, 1.165) is 6.42 Å². The van der Waals surface area contributed by atoms with Gasteiger partial charge in [0.05, 0.1) is 0 Å². The van der Waals surface area contributed by atoms with Crippen molar-refractivity contribution in [3.8, 4) is 0 Å². The maximum Gasteiger partial charge on any atom is 0.107 e. The van der Waals surface area contributed by atoms with E-state index in [9.17, 15) is 0 Å². The summed E-state index contributed by atoms with van der Waals surface area (Å²) in [6, 6.07) is 0. The molecule has 0 saturated carbocycles. The van der Waals surface area contributed by atoms with E-state index in [1.807, 2.05) is 0 Å². The Bertz CT molecular complexity index is 92.1. The second kappa shape index (κ2) is 10.7. The summed E-state index contributed by atoms with van der Waals surface area (Å²) < 4.78 is 0. The Labute approximate surface area is 93.0 Å². The lowest BCUT2D eigenvalue weighted by atomic mass is 10.1. The van der Waals surface area contributed by atoms with Gasteiger partial charge in [0.2, 0.25) is 0 Å². The van der Waals surface area contributed by atoms with Crippen LogP contribution in [0.1, 0.15) is 64.7 Å². The van der Waals surface area contributed by atoms with Crippen LogP contribution in [-0.2, 0) is 0 Å². The van der Waals surface area contributed by atoms with Gasteiger partial charge in [0.25, 0.3) is 0 Å². The molecule has 0 N–H and O–H groups in total. The van der Waals surface area contributed by atoms with E-state index >= 15 is 0 Å². The van der Waals surface area contributed by atoms with Crippen LogP contribution in [0, 0.1) is 0 Å². The first-order chi connectivity index (χ1) is 6.27. The van der Waals surface area contributed by atoms with Crippen LogP contribution >= 0.6 is 23.2 Å². The lowest BCUT2D eigenvalue weighted by molar-refractivity contribution is 0.570. The van der Waals surface area contributed by atoms with Gasteiger partial charge < -0.3 is 0 Å². The molecule has 2 heteroatoms. The van der Waals surface area contributed by atoms with E-state index in [1.54, 1.807) is 0 Å². The lowest BCUT2D eigenvalue weighted by Gasteiger charge is -2.01. The van der Waals surface area contributed by atoms with Gasteiger partial charge in [-0.25, -0.2) is 0 Å². The fraction of sp³-hybridized carbons (Fsp3) is 1.00. The second-order valence-electron chi connectivity index (χ2n) is 3.65. The molecule has 0 fully saturated rings. The molecule has 0 aromatic rings. The Morgan fingerprint density at radius 3 is 1.69 bits per heavy atom. The zero-order valence-corrected chi connectivity index (χ0v) is 10.2. The molecule has 0 saturated heterocycles. The third kappa shape index (κ3) is 12.6. The third-order valence-corrected chi connectivity index (χ3v) is 2.71. The first kappa shape index (κ1) is 13.6. The van der Waals surface area contributed by atoms with Crippen LogP contribution in [0.15, 0.2) is 0 Å². The van der Waals surface area contributed by atoms with Gasteiger partial charge in [-0.2, -0.15) is 0 Å². The molecule has 0 spiro atoms. The van der Waals surface area contributed by atoms with Crippen molar-refractivity contribution in [1.29, 1.82) is 0 Å². The maximum atomic E-state index is 5.62. The molecular formula is C11H22Cl2. The van der Waals surface area contributed by atoms with Gasteiger partial charge in [-0.05, 0) is 6.42 Å². The largest absolute Gasteiger partial charge is 0.107 e. The molecule has 0 aromatic carbocycles. The lowest BCUT2D eigenvalue weighted by Crippen LogP contribution is -1.87. The summed E-state index contributed by atoms with van der Waals surface area (Å²) in [6.45, 7) is 2.25. The van der Waals surface area contributed by atoms with Crippen LogP contribution in [-0.4, -0.2) is 4.84 Å². The van der Waals surface area contributed by atoms with E-state index in [1.165, 1.54) is 51.4 Å². The van der Waals surface area contributed by atoms with Crippen molar-refractivity contribution in [3.63, 3.8) is 0 Å². The van der Waals surface area contributed by atoms with Crippen molar-refractivity contribution in [2.75, 3.05) is 0 Å². The van der Waals surface area contributed by atoms with Crippen LogP contribution in [0.25, 0.3) is 0 Å². The van der Waals surface area contributed by atoms with Crippen molar-refractivity contribution in [3.05, 3.63) is 0 Å². The first-order valence-electron chi connectivity index (χ1n) is 5.55. The monoisotopic (exact) mass is 224 g/mol. The predicted octanol–water partition coefficient (Wildman–Crippen LogP) is 5.32. The number of rotatable bonds is 9. The van der Waals surface area contributed by atoms with Crippen molar-refractivity contribution in [1.82, 2.24) is 0 Å². The summed E-state index contributed by atoms with van der Waals surface area (Å²) in [6.07, 6.45) is 11.7. The topological polar surface area (TPSA) is 0 Å². The molecule has 0 aliphatic carbocycles. The Balaban J connectivity index is 2.84. The number of halogens is 2. The molecule has 13 heavy (non-hydrogen) atoms. The highest BCUT2D eigenvalue weighted by Crippen LogP contribution is 2.14. The van der Waals surface area contributed by atoms with Crippen molar-refractivity contribution in [2.45, 2.75) is 69.5 Å². The minimum atomic E-state index is -0.153. The molecule has 0 aromatic heterocycles. The average Bonchev–Trinajstić information content (AvgIpc) is 2.09. The number of hydrogen-bond donors (Lipinski definition) is 0. The van der Waals surface area contributed by atoms with Crippen molar-refractivity contribution in [2.24, 2.45) is 0 Å². The van der Waals surface area contributed by atoms with Crippen LogP contribution < -0.4 is 0 Å². The number of alkyl halides is 2. The summed E-state index contributed by atoms with van der Waals surface area (Å²) in [7, 11) is 0. The van der Waals surface area contributed by atoms with Gasteiger partial charge in [-0.1, -0.05) is 58.3 Å². The molecule has 0 rings (SSSR count). The van der Waals surface area contributed by atoms with Crippen LogP contribution in [0.4, 0.5) is 0 Å². The third-order valence-electron chi connectivity index (χ3n) is 2.28. The van der Waals surface area contributed by atoms with Gasteiger partial charge in [-0.3, -0.25) is 0 Å². The second-order valence-corrected chi connectivity index (χ2v) is 4.93.